The maximum Gasteiger partial charge on any atom is -0.000697 e. The Balaban J connectivity index is 3.99. The van der Waals surface area contributed by atoms with Crippen LogP contribution < -0.4 is 0 Å². The van der Waals surface area contributed by atoms with Crippen LogP contribution in [0.15, 0.2) is 37.0 Å². The monoisotopic (exact) mass is 166 g/mol. The molecule has 0 aromatic rings. The molecule has 0 nitrogen and oxygen atoms in total. The maximum absolute atomic E-state index is 3.51. The van der Waals surface area contributed by atoms with Crippen molar-refractivity contribution in [1.29, 1.82) is 0 Å². The molecule has 0 aromatic carbocycles. The van der Waals surface area contributed by atoms with Gasteiger partial charge >= 0.3 is 0 Å². The quantitative estimate of drug-likeness (QED) is 0.414. The molecule has 0 aliphatic carbocycles. The molecule has 0 unspecified atom stereocenters. The number of hydrogen-bond acceptors (Lipinski definition) is 0. The van der Waals surface area contributed by atoms with Gasteiger partial charge in [-0.2, -0.15) is 0 Å². The molecule has 0 radical (unpaired) electrons. The first-order valence-corrected chi connectivity index (χ1v) is 3.81. The van der Waals surface area contributed by atoms with Crippen molar-refractivity contribution in [1.82, 2.24) is 0 Å². The standard InChI is InChI=1S/C13H10/c1-3-5-7-9-11-13-12-10-8-6-4-2/h3-7H,1H2,2H3. The van der Waals surface area contributed by atoms with E-state index in [-0.39, 0.29) is 0 Å². The summed E-state index contributed by atoms with van der Waals surface area (Å²) in [5.74, 6) is 15.9. The zero-order valence-electron chi connectivity index (χ0n) is 7.59. The lowest BCUT2D eigenvalue weighted by molar-refractivity contribution is 1.76. The first-order valence-electron chi connectivity index (χ1n) is 3.81. The lowest BCUT2D eigenvalue weighted by Gasteiger charge is -1.61. The Morgan fingerprint density at radius 3 is 2.08 bits per heavy atom. The lowest BCUT2D eigenvalue weighted by Crippen LogP contribution is -1.53. The molecule has 0 amide bonds. The van der Waals surface area contributed by atoms with E-state index in [2.05, 4.69) is 42.1 Å². The average molecular weight is 166 g/mol. The summed E-state index contributed by atoms with van der Waals surface area (Å²) in [6.07, 6.45) is 8.68. The van der Waals surface area contributed by atoms with Gasteiger partial charge in [-0.15, -0.1) is 0 Å². The molecule has 13 heavy (non-hydrogen) atoms. The Labute approximate surface area is 80.0 Å². The molecule has 0 aliphatic heterocycles. The van der Waals surface area contributed by atoms with Gasteiger partial charge in [0.25, 0.3) is 0 Å². The second-order valence-electron chi connectivity index (χ2n) is 1.88. The molecule has 0 rings (SSSR count). The second kappa shape index (κ2) is 9.90. The summed E-state index contributed by atoms with van der Waals surface area (Å²) in [4.78, 5) is 0. The van der Waals surface area contributed by atoms with E-state index in [4.69, 9.17) is 0 Å². The summed E-state index contributed by atoms with van der Waals surface area (Å²) in [6.45, 7) is 5.41. The van der Waals surface area contributed by atoms with Crippen LogP contribution in [-0.4, -0.2) is 0 Å². The Morgan fingerprint density at radius 1 is 0.923 bits per heavy atom. The molecule has 0 aliphatic rings. The van der Waals surface area contributed by atoms with Crippen molar-refractivity contribution in [2.75, 3.05) is 0 Å². The van der Waals surface area contributed by atoms with E-state index in [0.717, 1.165) is 0 Å². The van der Waals surface area contributed by atoms with Crippen LogP contribution >= 0.6 is 0 Å². The normalized spacial score (nSPS) is 7.77. The Bertz CT molecular complexity index is 373. The Kier molecular flexibility index (Phi) is 8.30. The predicted molar refractivity (Wildman–Crippen MR) is 57.5 cm³/mol. The van der Waals surface area contributed by atoms with Crippen LogP contribution in [-0.2, 0) is 0 Å². The van der Waals surface area contributed by atoms with E-state index in [0.29, 0.717) is 0 Å². The highest BCUT2D eigenvalue weighted by atomic mass is 13.6. The van der Waals surface area contributed by atoms with E-state index < -0.39 is 0 Å². The lowest BCUT2D eigenvalue weighted by atomic mass is 10.4. The fraction of sp³-hybridized carbons (Fsp3) is 0.0769. The van der Waals surface area contributed by atoms with Gasteiger partial charge in [-0.25, -0.2) is 0 Å². The first kappa shape index (κ1) is 10.9. The summed E-state index contributed by atoms with van der Waals surface area (Å²) in [6, 6.07) is 0. The van der Waals surface area contributed by atoms with Crippen LogP contribution in [0, 0.1) is 35.5 Å². The minimum atomic E-state index is 1.66. The molecule has 0 atom stereocenters. The fourth-order valence-electron chi connectivity index (χ4n) is 0.417. The topological polar surface area (TPSA) is 0 Å². The third-order valence-corrected chi connectivity index (χ3v) is 0.897. The van der Waals surface area contributed by atoms with Crippen LogP contribution in [0.3, 0.4) is 0 Å². The predicted octanol–water partition coefficient (Wildman–Crippen LogP) is 2.31. The summed E-state index contributed by atoms with van der Waals surface area (Å²) in [5.41, 5.74) is 0. The van der Waals surface area contributed by atoms with Gasteiger partial charge in [0.05, 0.1) is 0 Å². The average Bonchev–Trinajstić information content (AvgIpc) is 2.16. The summed E-state index contributed by atoms with van der Waals surface area (Å²) < 4.78 is 0. The van der Waals surface area contributed by atoms with Crippen molar-refractivity contribution in [2.45, 2.75) is 6.92 Å². The highest BCUT2D eigenvalue weighted by Crippen LogP contribution is 1.68. The molecule has 0 fully saturated rings. The number of hydrogen-bond donors (Lipinski definition) is 0. The molecular weight excluding hydrogens is 156 g/mol. The fourth-order valence-corrected chi connectivity index (χ4v) is 0.417. The van der Waals surface area contributed by atoms with Gasteiger partial charge in [0.15, 0.2) is 0 Å². The van der Waals surface area contributed by atoms with Gasteiger partial charge in [-0.05, 0) is 42.8 Å². The van der Waals surface area contributed by atoms with Gasteiger partial charge in [-0.1, -0.05) is 36.6 Å². The van der Waals surface area contributed by atoms with Crippen LogP contribution in [0.5, 0.6) is 0 Å². The minimum Gasteiger partial charge on any atom is -0.0990 e. The van der Waals surface area contributed by atoms with E-state index in [1.54, 1.807) is 24.3 Å². The molecule has 0 N–H and O–H groups in total. The molecule has 0 spiro atoms. The number of allylic oxidation sites excluding steroid dienone is 5. The Hall–Kier alpha value is -2.10. The molecule has 0 heterocycles. The molecular formula is C13H10. The van der Waals surface area contributed by atoms with Gasteiger partial charge in [0.1, 0.15) is 0 Å². The minimum absolute atomic E-state index is 1.66. The van der Waals surface area contributed by atoms with Crippen molar-refractivity contribution in [2.24, 2.45) is 0 Å². The van der Waals surface area contributed by atoms with Crippen LogP contribution in [0.25, 0.3) is 0 Å². The third-order valence-electron chi connectivity index (χ3n) is 0.897. The summed E-state index contributed by atoms with van der Waals surface area (Å²) >= 11 is 0. The van der Waals surface area contributed by atoms with Crippen molar-refractivity contribution in [3.8, 4) is 35.5 Å². The zero-order chi connectivity index (χ0) is 9.78. The van der Waals surface area contributed by atoms with Gasteiger partial charge in [0.2, 0.25) is 0 Å². The van der Waals surface area contributed by atoms with Crippen LogP contribution in [0.1, 0.15) is 6.92 Å². The molecule has 0 bridgehead atoms. The van der Waals surface area contributed by atoms with E-state index in [1.165, 1.54) is 0 Å². The van der Waals surface area contributed by atoms with E-state index in [9.17, 15) is 0 Å². The second-order valence-corrected chi connectivity index (χ2v) is 1.88. The summed E-state index contributed by atoms with van der Waals surface area (Å²) in [7, 11) is 0. The van der Waals surface area contributed by atoms with Gasteiger partial charge < -0.3 is 0 Å². The van der Waals surface area contributed by atoms with Crippen molar-refractivity contribution < 1.29 is 0 Å². The SMILES string of the molecule is C=CC=CC#CC#CC#CC=CC. The molecule has 0 aromatic heterocycles. The summed E-state index contributed by atoms with van der Waals surface area (Å²) in [5, 5.41) is 0. The third kappa shape index (κ3) is 9.90. The molecule has 0 heteroatoms. The molecule has 0 saturated carbocycles. The van der Waals surface area contributed by atoms with Crippen molar-refractivity contribution in [3.63, 3.8) is 0 Å². The van der Waals surface area contributed by atoms with Crippen molar-refractivity contribution >= 4 is 0 Å². The maximum atomic E-state index is 3.51. The van der Waals surface area contributed by atoms with Crippen molar-refractivity contribution in [3.05, 3.63) is 37.0 Å². The van der Waals surface area contributed by atoms with E-state index >= 15 is 0 Å². The highest BCUT2D eigenvalue weighted by molar-refractivity contribution is 5.39. The first-order chi connectivity index (χ1) is 6.41. The van der Waals surface area contributed by atoms with Gasteiger partial charge in [0, 0.05) is 0 Å². The highest BCUT2D eigenvalue weighted by Gasteiger charge is 1.56. The van der Waals surface area contributed by atoms with Crippen LogP contribution in [0.4, 0.5) is 0 Å². The number of rotatable bonds is 1. The molecule has 0 saturated heterocycles. The van der Waals surface area contributed by atoms with Crippen LogP contribution in [0.2, 0.25) is 0 Å². The van der Waals surface area contributed by atoms with E-state index in [1.807, 2.05) is 13.0 Å². The smallest absolute Gasteiger partial charge is 0.000697 e. The zero-order valence-corrected chi connectivity index (χ0v) is 7.59. The van der Waals surface area contributed by atoms with Gasteiger partial charge in [-0.3, -0.25) is 0 Å². The molecule has 62 valence electrons. The largest absolute Gasteiger partial charge is 0.0990 e. The Morgan fingerprint density at radius 2 is 1.54 bits per heavy atom.